The van der Waals surface area contributed by atoms with Crippen LogP contribution in [0.1, 0.15) is 0 Å². The SMILES string of the molecule is c1ccc(-c2cccc(-c3ccccc3)c2N2CN(c3cccc(Oc4ccc5c6ccccc6n(-c6ncncn6)c5c4)c3)c3ccc4ccccc4c32)cc1. The molecule has 0 unspecified atom stereocenters. The van der Waals surface area contributed by atoms with E-state index in [4.69, 9.17) is 4.74 Å². The Morgan fingerprint density at radius 3 is 1.88 bits per heavy atom. The predicted molar refractivity (Wildman–Crippen MR) is 231 cm³/mol. The van der Waals surface area contributed by atoms with Crippen LogP contribution in [0.25, 0.3) is 60.8 Å². The molecule has 2 aromatic heterocycles. The number of aromatic nitrogens is 4. The Kier molecular flexibility index (Phi) is 7.74. The van der Waals surface area contributed by atoms with E-state index in [0.717, 1.165) is 44.7 Å². The molecule has 3 heterocycles. The average molecular weight is 735 g/mol. The smallest absolute Gasteiger partial charge is 0.237 e. The number of fused-ring (bicyclic) bond motifs is 6. The normalized spacial score (nSPS) is 12.4. The number of rotatable bonds is 7. The molecule has 7 heteroatoms. The maximum absolute atomic E-state index is 6.69. The van der Waals surface area contributed by atoms with Crippen molar-refractivity contribution in [2.75, 3.05) is 16.5 Å². The van der Waals surface area contributed by atoms with Crippen LogP contribution >= 0.6 is 0 Å². The minimum absolute atomic E-state index is 0.560. The molecule has 0 aliphatic carbocycles. The van der Waals surface area contributed by atoms with E-state index in [-0.39, 0.29) is 0 Å². The van der Waals surface area contributed by atoms with Crippen molar-refractivity contribution in [3.8, 4) is 39.7 Å². The molecule has 57 heavy (non-hydrogen) atoms. The lowest BCUT2D eigenvalue weighted by Crippen LogP contribution is -2.25. The van der Waals surface area contributed by atoms with E-state index < -0.39 is 0 Å². The first kappa shape index (κ1) is 32.6. The molecule has 1 aliphatic rings. The largest absolute Gasteiger partial charge is 0.457 e. The highest BCUT2D eigenvalue weighted by atomic mass is 16.5. The molecule has 8 aromatic carbocycles. The predicted octanol–water partition coefficient (Wildman–Crippen LogP) is 12.5. The molecule has 0 saturated carbocycles. The van der Waals surface area contributed by atoms with Crippen molar-refractivity contribution >= 4 is 55.3 Å². The third kappa shape index (κ3) is 5.55. The highest BCUT2D eigenvalue weighted by Crippen LogP contribution is 2.53. The molecule has 10 aromatic rings. The Labute approximate surface area is 329 Å². The molecule has 11 rings (SSSR count). The molecule has 0 radical (unpaired) electrons. The van der Waals surface area contributed by atoms with Gasteiger partial charge in [-0.2, -0.15) is 0 Å². The average Bonchev–Trinajstić information content (AvgIpc) is 3.83. The van der Waals surface area contributed by atoms with Crippen molar-refractivity contribution in [1.29, 1.82) is 0 Å². The number of anilines is 4. The van der Waals surface area contributed by atoms with Crippen LogP contribution in [0.4, 0.5) is 22.7 Å². The summed E-state index contributed by atoms with van der Waals surface area (Å²) in [7, 11) is 0. The highest BCUT2D eigenvalue weighted by molar-refractivity contribution is 6.10. The quantitative estimate of drug-likeness (QED) is 0.162. The summed E-state index contributed by atoms with van der Waals surface area (Å²) in [6, 6.07) is 64.2. The Morgan fingerprint density at radius 2 is 1.11 bits per heavy atom. The van der Waals surface area contributed by atoms with Crippen LogP contribution in [-0.4, -0.2) is 26.2 Å². The van der Waals surface area contributed by atoms with E-state index in [0.29, 0.717) is 12.6 Å². The van der Waals surface area contributed by atoms with Gasteiger partial charge in [0.2, 0.25) is 5.95 Å². The zero-order chi connectivity index (χ0) is 37.7. The van der Waals surface area contributed by atoms with Crippen molar-refractivity contribution in [1.82, 2.24) is 19.5 Å². The second kappa shape index (κ2) is 13.5. The minimum atomic E-state index is 0.560. The van der Waals surface area contributed by atoms with Crippen LogP contribution in [-0.2, 0) is 0 Å². The van der Waals surface area contributed by atoms with Crippen LogP contribution < -0.4 is 14.5 Å². The standard InChI is InChI=1S/C50H34N6O/c1-3-13-34(14-4-1)40-22-12-23-41(35-15-5-2-6-16-35)48(40)55-33-54(46-28-25-36-17-7-8-20-42(36)49(46)55)37-18-11-19-38(29-37)57-39-26-27-44-43-21-9-10-24-45(43)56(47(44)30-39)50-52-31-51-32-53-50/h1-32H,33H2. The third-order valence-corrected chi connectivity index (χ3v) is 10.9. The van der Waals surface area contributed by atoms with Crippen LogP contribution in [0.15, 0.2) is 195 Å². The van der Waals surface area contributed by atoms with Gasteiger partial charge < -0.3 is 14.5 Å². The fourth-order valence-electron chi connectivity index (χ4n) is 8.40. The van der Waals surface area contributed by atoms with E-state index in [9.17, 15) is 0 Å². The summed E-state index contributed by atoms with van der Waals surface area (Å²) >= 11 is 0. The van der Waals surface area contributed by atoms with E-state index >= 15 is 0 Å². The first-order chi connectivity index (χ1) is 28.3. The lowest BCUT2D eigenvalue weighted by Gasteiger charge is -2.27. The van der Waals surface area contributed by atoms with Gasteiger partial charge in [-0.1, -0.05) is 133 Å². The summed E-state index contributed by atoms with van der Waals surface area (Å²) < 4.78 is 8.75. The second-order valence-electron chi connectivity index (χ2n) is 14.2. The third-order valence-electron chi connectivity index (χ3n) is 10.9. The van der Waals surface area contributed by atoms with Gasteiger partial charge in [0.05, 0.1) is 28.1 Å². The summed E-state index contributed by atoms with van der Waals surface area (Å²) in [4.78, 5) is 17.9. The Hall–Kier alpha value is -7.77. The number of nitrogens with zero attached hydrogens (tertiary/aromatic N) is 6. The van der Waals surface area contributed by atoms with E-state index in [1.165, 1.54) is 57.1 Å². The molecule has 7 nitrogen and oxygen atoms in total. The monoisotopic (exact) mass is 734 g/mol. The number of benzene rings is 8. The molecule has 0 amide bonds. The van der Waals surface area contributed by atoms with Crippen LogP contribution in [0.3, 0.4) is 0 Å². The number of ether oxygens (including phenoxy) is 1. The molecule has 0 saturated heterocycles. The summed E-state index contributed by atoms with van der Waals surface area (Å²) in [5.41, 5.74) is 11.2. The van der Waals surface area contributed by atoms with E-state index in [1.807, 2.05) is 18.2 Å². The van der Waals surface area contributed by atoms with Crippen LogP contribution in [0.2, 0.25) is 0 Å². The molecule has 1 aliphatic heterocycles. The highest BCUT2D eigenvalue weighted by Gasteiger charge is 2.33. The van der Waals surface area contributed by atoms with Gasteiger partial charge in [-0.05, 0) is 52.9 Å². The van der Waals surface area contributed by atoms with Gasteiger partial charge in [-0.3, -0.25) is 4.57 Å². The van der Waals surface area contributed by atoms with Gasteiger partial charge in [0.25, 0.3) is 0 Å². The summed E-state index contributed by atoms with van der Waals surface area (Å²) in [5, 5.41) is 4.62. The molecular weight excluding hydrogens is 701 g/mol. The van der Waals surface area contributed by atoms with Gasteiger partial charge in [0, 0.05) is 45.1 Å². The number of hydrogen-bond donors (Lipinski definition) is 0. The number of para-hydroxylation sites is 2. The lowest BCUT2D eigenvalue weighted by molar-refractivity contribution is 0.483. The van der Waals surface area contributed by atoms with Crippen molar-refractivity contribution in [2.45, 2.75) is 0 Å². The van der Waals surface area contributed by atoms with E-state index in [1.54, 1.807) is 0 Å². The maximum Gasteiger partial charge on any atom is 0.237 e. The van der Waals surface area contributed by atoms with Gasteiger partial charge in [0.15, 0.2) is 0 Å². The van der Waals surface area contributed by atoms with Crippen LogP contribution in [0, 0.1) is 0 Å². The maximum atomic E-state index is 6.69. The van der Waals surface area contributed by atoms with Gasteiger partial charge >= 0.3 is 0 Å². The topological polar surface area (TPSA) is 59.3 Å². The first-order valence-electron chi connectivity index (χ1n) is 19.0. The van der Waals surface area contributed by atoms with E-state index in [2.05, 4.69) is 193 Å². The zero-order valence-corrected chi connectivity index (χ0v) is 30.8. The summed E-state index contributed by atoms with van der Waals surface area (Å²) in [5.74, 6) is 2.02. The Bertz CT molecular complexity index is 3030. The zero-order valence-electron chi connectivity index (χ0n) is 30.8. The van der Waals surface area contributed by atoms with Gasteiger partial charge in [0.1, 0.15) is 30.8 Å². The van der Waals surface area contributed by atoms with Crippen molar-refractivity contribution in [3.05, 3.63) is 195 Å². The minimum Gasteiger partial charge on any atom is -0.457 e. The fourth-order valence-corrected chi connectivity index (χ4v) is 8.40. The fraction of sp³-hybridized carbons (Fsp3) is 0.0200. The second-order valence-corrected chi connectivity index (χ2v) is 14.2. The Balaban J connectivity index is 1.03. The molecular formula is C50H34N6O. The summed E-state index contributed by atoms with van der Waals surface area (Å²) in [6.45, 7) is 0.606. The Morgan fingerprint density at radius 1 is 0.456 bits per heavy atom. The molecule has 270 valence electrons. The molecule has 0 fully saturated rings. The van der Waals surface area contributed by atoms with Crippen molar-refractivity contribution < 1.29 is 4.74 Å². The number of hydrogen-bond acceptors (Lipinski definition) is 6. The first-order valence-corrected chi connectivity index (χ1v) is 19.0. The van der Waals surface area contributed by atoms with Crippen molar-refractivity contribution in [2.24, 2.45) is 0 Å². The van der Waals surface area contributed by atoms with Gasteiger partial charge in [-0.25, -0.2) is 15.0 Å². The van der Waals surface area contributed by atoms with Gasteiger partial charge in [-0.15, -0.1) is 0 Å². The van der Waals surface area contributed by atoms with Crippen LogP contribution in [0.5, 0.6) is 11.5 Å². The molecule has 0 bridgehead atoms. The molecule has 0 atom stereocenters. The lowest BCUT2D eigenvalue weighted by atomic mass is 9.94. The molecule has 0 N–H and O–H groups in total. The van der Waals surface area contributed by atoms with Crippen molar-refractivity contribution in [3.63, 3.8) is 0 Å². The summed E-state index contributed by atoms with van der Waals surface area (Å²) in [6.07, 6.45) is 3.05. The molecule has 0 spiro atoms.